The van der Waals surface area contributed by atoms with Crippen molar-refractivity contribution in [2.75, 3.05) is 18.0 Å². The van der Waals surface area contributed by atoms with Gasteiger partial charge < -0.3 is 0 Å². The Hall–Kier alpha value is -1.34. The molecule has 0 aromatic heterocycles. The van der Waals surface area contributed by atoms with Gasteiger partial charge in [0.15, 0.2) is 0 Å². The second kappa shape index (κ2) is 7.12. The normalized spacial score (nSPS) is 27.0. The van der Waals surface area contributed by atoms with E-state index in [9.17, 15) is 9.59 Å². The van der Waals surface area contributed by atoms with Crippen LogP contribution < -0.4 is 4.90 Å². The predicted octanol–water partition coefficient (Wildman–Crippen LogP) is 4.84. The number of benzene rings is 2. The lowest BCUT2D eigenvalue weighted by atomic mass is 9.90. The van der Waals surface area contributed by atoms with Crippen LogP contribution in [0.15, 0.2) is 36.4 Å². The van der Waals surface area contributed by atoms with Gasteiger partial charge in [-0.1, -0.05) is 52.5 Å². The van der Waals surface area contributed by atoms with Gasteiger partial charge in [-0.2, -0.15) is 0 Å². The minimum Gasteiger partial charge on any atom is -0.274 e. The topological polar surface area (TPSA) is 43.9 Å². The molecule has 2 amide bonds. The fraction of sp³-hybridized carbons (Fsp3) is 0.300. The summed E-state index contributed by atoms with van der Waals surface area (Å²) >= 11 is 24.8. The number of imide groups is 1. The molecular formula is C20H15Cl4N3O2. The van der Waals surface area contributed by atoms with E-state index in [1.54, 1.807) is 30.3 Å². The predicted molar refractivity (Wildman–Crippen MR) is 113 cm³/mol. The van der Waals surface area contributed by atoms with Crippen molar-refractivity contribution in [1.82, 2.24) is 10.0 Å². The number of carbonyl (C=O) groups excluding carboxylic acids is 2. The maximum Gasteiger partial charge on any atom is 0.253 e. The summed E-state index contributed by atoms with van der Waals surface area (Å²) in [5.74, 6) is -1.11. The number of nitrogens with zero attached hydrogens (tertiary/aromatic N) is 3. The summed E-state index contributed by atoms with van der Waals surface area (Å²) in [6.45, 7) is 1.48. The van der Waals surface area contributed by atoms with Crippen molar-refractivity contribution in [3.05, 3.63) is 62.1 Å². The molecule has 3 aliphatic heterocycles. The second-order valence-corrected chi connectivity index (χ2v) is 9.12. The van der Waals surface area contributed by atoms with Gasteiger partial charge in [0.05, 0.1) is 17.6 Å². The molecule has 0 bridgehead atoms. The number of carbonyl (C=O) groups is 2. The first-order valence-corrected chi connectivity index (χ1v) is 10.7. The van der Waals surface area contributed by atoms with E-state index in [1.165, 1.54) is 4.90 Å². The lowest BCUT2D eigenvalue weighted by Crippen LogP contribution is -2.44. The second-order valence-electron chi connectivity index (χ2n) is 7.40. The molecule has 5 rings (SSSR count). The molecule has 0 unspecified atom stereocenters. The van der Waals surface area contributed by atoms with E-state index in [0.717, 1.165) is 18.5 Å². The molecule has 3 saturated heterocycles. The van der Waals surface area contributed by atoms with Crippen LogP contribution >= 0.6 is 46.4 Å². The number of amides is 2. The molecule has 0 radical (unpaired) electrons. The Morgan fingerprint density at radius 3 is 2.07 bits per heavy atom. The van der Waals surface area contributed by atoms with E-state index in [2.05, 4.69) is 5.01 Å². The van der Waals surface area contributed by atoms with Crippen LogP contribution in [0.3, 0.4) is 0 Å². The van der Waals surface area contributed by atoms with E-state index in [4.69, 9.17) is 46.4 Å². The lowest BCUT2D eigenvalue weighted by Gasteiger charge is -2.30. The molecule has 0 saturated carbocycles. The highest BCUT2D eigenvalue weighted by Crippen LogP contribution is 2.50. The summed E-state index contributed by atoms with van der Waals surface area (Å²) in [6.07, 6.45) is 0.912. The number of hydrogen-bond donors (Lipinski definition) is 0. The van der Waals surface area contributed by atoms with E-state index < -0.39 is 12.0 Å². The number of rotatable bonds is 2. The van der Waals surface area contributed by atoms with Crippen LogP contribution in [0.1, 0.15) is 18.0 Å². The molecule has 3 atom stereocenters. The Kier molecular flexibility index (Phi) is 4.81. The van der Waals surface area contributed by atoms with E-state index in [-0.39, 0.29) is 17.9 Å². The number of anilines is 1. The van der Waals surface area contributed by atoms with Gasteiger partial charge in [0.2, 0.25) is 5.91 Å². The van der Waals surface area contributed by atoms with Crippen molar-refractivity contribution in [3.63, 3.8) is 0 Å². The van der Waals surface area contributed by atoms with E-state index >= 15 is 0 Å². The molecule has 2 aromatic carbocycles. The third-order valence-electron chi connectivity index (χ3n) is 5.79. The highest BCUT2D eigenvalue weighted by atomic mass is 35.5. The molecule has 150 valence electrons. The van der Waals surface area contributed by atoms with Gasteiger partial charge in [0.1, 0.15) is 6.04 Å². The van der Waals surface area contributed by atoms with Gasteiger partial charge in [-0.3, -0.25) is 9.59 Å². The average Bonchev–Trinajstić information content (AvgIpc) is 3.27. The third kappa shape index (κ3) is 2.99. The molecule has 3 fully saturated rings. The minimum absolute atomic E-state index is 0.266. The maximum atomic E-state index is 13.5. The fourth-order valence-electron chi connectivity index (χ4n) is 4.75. The zero-order chi connectivity index (χ0) is 20.4. The Morgan fingerprint density at radius 1 is 0.759 bits per heavy atom. The van der Waals surface area contributed by atoms with Crippen molar-refractivity contribution in [2.45, 2.75) is 18.5 Å². The molecule has 9 heteroatoms. The van der Waals surface area contributed by atoms with Crippen molar-refractivity contribution < 1.29 is 9.59 Å². The first-order valence-electron chi connectivity index (χ1n) is 9.19. The van der Waals surface area contributed by atoms with Crippen LogP contribution in [-0.2, 0) is 9.59 Å². The summed E-state index contributed by atoms with van der Waals surface area (Å²) in [5, 5.41) is 5.85. The Balaban J connectivity index is 1.61. The summed E-state index contributed by atoms with van der Waals surface area (Å²) < 4.78 is 0. The molecule has 3 aliphatic rings. The van der Waals surface area contributed by atoms with Gasteiger partial charge in [0.25, 0.3) is 5.91 Å². The van der Waals surface area contributed by atoms with Gasteiger partial charge in [-0.25, -0.2) is 14.9 Å². The standard InChI is InChI=1S/C20H15Cl4N3O2/c21-10-2-3-14(15(24)9-10)17-16-18(26-5-1-4-25(17)26)20(29)27(19(16)28)13-7-11(22)6-12(23)8-13/h2-3,6-9,16-18H,1,4-5H2/t16-,17-,18+/m1/s1. The molecule has 2 aromatic rings. The minimum atomic E-state index is -0.570. The van der Waals surface area contributed by atoms with Crippen molar-refractivity contribution in [3.8, 4) is 0 Å². The first-order chi connectivity index (χ1) is 13.9. The quantitative estimate of drug-likeness (QED) is 0.589. The molecule has 5 nitrogen and oxygen atoms in total. The number of hydrogen-bond acceptors (Lipinski definition) is 4. The van der Waals surface area contributed by atoms with Crippen LogP contribution in [0, 0.1) is 5.92 Å². The average molecular weight is 471 g/mol. The molecule has 0 N–H and O–H groups in total. The molecule has 3 heterocycles. The first kappa shape index (κ1) is 19.6. The van der Waals surface area contributed by atoms with E-state index in [0.29, 0.717) is 32.3 Å². The van der Waals surface area contributed by atoms with Gasteiger partial charge >= 0.3 is 0 Å². The monoisotopic (exact) mass is 469 g/mol. The van der Waals surface area contributed by atoms with Crippen molar-refractivity contribution >= 4 is 63.9 Å². The highest BCUT2D eigenvalue weighted by Gasteiger charge is 2.63. The smallest absolute Gasteiger partial charge is 0.253 e. The number of halogens is 4. The summed E-state index contributed by atoms with van der Waals surface area (Å²) in [5.41, 5.74) is 1.18. The zero-order valence-electron chi connectivity index (χ0n) is 15.0. The fourth-order valence-corrected chi connectivity index (χ4v) is 5.79. The van der Waals surface area contributed by atoms with Gasteiger partial charge in [-0.15, -0.1) is 0 Å². The lowest BCUT2D eigenvalue weighted by molar-refractivity contribution is -0.126. The largest absolute Gasteiger partial charge is 0.274 e. The highest BCUT2D eigenvalue weighted by molar-refractivity contribution is 6.36. The summed E-state index contributed by atoms with van der Waals surface area (Å²) in [6, 6.07) is 9.09. The molecular weight excluding hydrogens is 456 g/mol. The SMILES string of the molecule is O=C1[C@H]2[C@@H](C(=O)N1c1cc(Cl)cc(Cl)c1)N1CCCN1[C@@H]2c1ccc(Cl)cc1Cl. The van der Waals surface area contributed by atoms with E-state index in [1.807, 2.05) is 11.1 Å². The van der Waals surface area contributed by atoms with Gasteiger partial charge in [0, 0.05) is 33.2 Å². The Labute approximate surface area is 187 Å². The van der Waals surface area contributed by atoms with Gasteiger partial charge in [-0.05, 0) is 42.3 Å². The Morgan fingerprint density at radius 2 is 1.41 bits per heavy atom. The summed E-state index contributed by atoms with van der Waals surface area (Å²) in [7, 11) is 0. The third-order valence-corrected chi connectivity index (χ3v) is 6.79. The van der Waals surface area contributed by atoms with Crippen LogP contribution in [0.25, 0.3) is 0 Å². The molecule has 0 aliphatic carbocycles. The van der Waals surface area contributed by atoms with Crippen LogP contribution in [0.5, 0.6) is 0 Å². The number of fused-ring (bicyclic) bond motifs is 3. The van der Waals surface area contributed by atoms with Crippen LogP contribution in [0.2, 0.25) is 20.1 Å². The molecule has 0 spiro atoms. The van der Waals surface area contributed by atoms with Crippen LogP contribution in [-0.4, -0.2) is 41.0 Å². The zero-order valence-corrected chi connectivity index (χ0v) is 18.0. The van der Waals surface area contributed by atoms with Crippen molar-refractivity contribution in [1.29, 1.82) is 0 Å². The number of hydrazine groups is 1. The molecule has 29 heavy (non-hydrogen) atoms. The Bertz CT molecular complexity index is 1030. The maximum absolute atomic E-state index is 13.5. The van der Waals surface area contributed by atoms with Crippen molar-refractivity contribution in [2.24, 2.45) is 5.92 Å². The van der Waals surface area contributed by atoms with Crippen LogP contribution in [0.4, 0.5) is 5.69 Å². The summed E-state index contributed by atoms with van der Waals surface area (Å²) in [4.78, 5) is 28.1.